The van der Waals surface area contributed by atoms with Gasteiger partial charge in [0.1, 0.15) is 5.69 Å². The molecule has 0 bridgehead atoms. The number of para-hydroxylation sites is 1. The molecule has 1 heterocycles. The van der Waals surface area contributed by atoms with E-state index in [-0.39, 0.29) is 10.6 Å². The lowest BCUT2D eigenvalue weighted by molar-refractivity contribution is -0.383. The molecule has 0 aliphatic heterocycles. The van der Waals surface area contributed by atoms with Crippen molar-refractivity contribution in [3.63, 3.8) is 0 Å². The number of rotatable bonds is 3. The van der Waals surface area contributed by atoms with Crippen molar-refractivity contribution in [1.82, 2.24) is 4.98 Å². The van der Waals surface area contributed by atoms with Crippen molar-refractivity contribution in [2.45, 2.75) is 0 Å². The molecule has 0 aliphatic rings. The van der Waals surface area contributed by atoms with Gasteiger partial charge >= 0.3 is 0 Å². The van der Waals surface area contributed by atoms with Gasteiger partial charge in [-0.1, -0.05) is 18.2 Å². The van der Waals surface area contributed by atoms with Crippen molar-refractivity contribution in [3.05, 3.63) is 64.8 Å². The van der Waals surface area contributed by atoms with E-state index in [4.69, 9.17) is 0 Å². The van der Waals surface area contributed by atoms with Crippen LogP contribution >= 0.6 is 0 Å². The van der Waals surface area contributed by atoms with Crippen molar-refractivity contribution < 1.29 is 4.92 Å². The summed E-state index contributed by atoms with van der Waals surface area (Å²) in [5.41, 5.74) is 2.26. The number of anilines is 2. The van der Waals surface area contributed by atoms with Crippen LogP contribution in [0.2, 0.25) is 0 Å². The summed E-state index contributed by atoms with van der Waals surface area (Å²) >= 11 is 0. The monoisotopic (exact) mass is 253 g/mol. The highest BCUT2D eigenvalue weighted by Gasteiger charge is 2.17. The first-order chi connectivity index (χ1) is 9.25. The number of aromatic nitrogens is 1. The third-order valence-corrected chi connectivity index (χ3v) is 2.95. The maximum atomic E-state index is 11.1. The van der Waals surface area contributed by atoms with Gasteiger partial charge in [0.2, 0.25) is 0 Å². The molecule has 0 unspecified atom stereocenters. The summed E-state index contributed by atoms with van der Waals surface area (Å²) in [6.45, 7) is 0. The van der Waals surface area contributed by atoms with Gasteiger partial charge in [0.15, 0.2) is 0 Å². The van der Waals surface area contributed by atoms with Gasteiger partial charge in [0, 0.05) is 28.9 Å². The first kappa shape index (κ1) is 11.3. The summed E-state index contributed by atoms with van der Waals surface area (Å²) in [6.07, 6.45) is 1.77. The van der Waals surface area contributed by atoms with Gasteiger partial charge in [0.05, 0.1) is 4.92 Å². The van der Waals surface area contributed by atoms with E-state index in [9.17, 15) is 10.1 Å². The summed E-state index contributed by atoms with van der Waals surface area (Å²) in [7, 11) is 0. The molecule has 2 N–H and O–H groups in total. The van der Waals surface area contributed by atoms with Crippen molar-refractivity contribution in [2.75, 3.05) is 5.32 Å². The molecule has 5 heteroatoms. The van der Waals surface area contributed by atoms with E-state index in [1.165, 1.54) is 6.07 Å². The summed E-state index contributed by atoms with van der Waals surface area (Å²) in [5, 5.41) is 15.1. The van der Waals surface area contributed by atoms with Crippen molar-refractivity contribution in [3.8, 4) is 0 Å². The second kappa shape index (κ2) is 4.45. The number of aromatic amines is 1. The maximum Gasteiger partial charge on any atom is 0.293 e. The average molecular weight is 253 g/mol. The molecule has 0 aliphatic carbocycles. The number of nitrogens with one attached hydrogen (secondary N) is 2. The van der Waals surface area contributed by atoms with E-state index >= 15 is 0 Å². The Bertz CT molecular complexity index is 735. The Balaban J connectivity index is 2.16. The SMILES string of the molecule is O=[N+]([O-])c1ccc2[nH]ccc2c1Nc1ccccc1. The van der Waals surface area contributed by atoms with Crippen LogP contribution in [0.5, 0.6) is 0 Å². The Hall–Kier alpha value is -2.82. The van der Waals surface area contributed by atoms with Crippen molar-refractivity contribution in [1.29, 1.82) is 0 Å². The molecule has 94 valence electrons. The number of hydrogen-bond acceptors (Lipinski definition) is 3. The zero-order valence-corrected chi connectivity index (χ0v) is 9.96. The minimum absolute atomic E-state index is 0.0657. The van der Waals surface area contributed by atoms with Crippen LogP contribution in [0.1, 0.15) is 0 Å². The van der Waals surface area contributed by atoms with Crippen LogP contribution < -0.4 is 5.32 Å². The molecule has 3 rings (SSSR count). The molecule has 0 radical (unpaired) electrons. The lowest BCUT2D eigenvalue weighted by Gasteiger charge is -2.08. The van der Waals surface area contributed by atoms with Crippen molar-refractivity contribution in [2.24, 2.45) is 0 Å². The highest BCUT2D eigenvalue weighted by Crippen LogP contribution is 2.34. The highest BCUT2D eigenvalue weighted by molar-refractivity contribution is 5.98. The summed E-state index contributed by atoms with van der Waals surface area (Å²) in [5.74, 6) is 0. The molecule has 0 fully saturated rings. The topological polar surface area (TPSA) is 71.0 Å². The number of nitro benzene ring substituents is 1. The normalized spacial score (nSPS) is 10.5. The molecule has 1 aromatic heterocycles. The highest BCUT2D eigenvalue weighted by atomic mass is 16.6. The zero-order chi connectivity index (χ0) is 13.2. The maximum absolute atomic E-state index is 11.1. The zero-order valence-electron chi connectivity index (χ0n) is 9.96. The first-order valence-corrected chi connectivity index (χ1v) is 5.82. The Kier molecular flexibility index (Phi) is 2.64. The number of benzene rings is 2. The molecule has 0 amide bonds. The van der Waals surface area contributed by atoms with E-state index in [1.807, 2.05) is 36.4 Å². The largest absolute Gasteiger partial charge is 0.361 e. The van der Waals surface area contributed by atoms with E-state index in [0.717, 1.165) is 16.6 Å². The quantitative estimate of drug-likeness (QED) is 0.550. The molecule has 0 atom stereocenters. The third-order valence-electron chi connectivity index (χ3n) is 2.95. The average Bonchev–Trinajstić information content (AvgIpc) is 2.88. The van der Waals surface area contributed by atoms with E-state index in [1.54, 1.807) is 12.3 Å². The van der Waals surface area contributed by atoms with E-state index in [0.29, 0.717) is 5.69 Å². The molecule has 19 heavy (non-hydrogen) atoms. The minimum Gasteiger partial charge on any atom is -0.361 e. The van der Waals surface area contributed by atoms with Gasteiger partial charge < -0.3 is 10.3 Å². The Morgan fingerprint density at radius 1 is 1.05 bits per heavy atom. The van der Waals surface area contributed by atoms with Gasteiger partial charge in [-0.05, 0) is 24.3 Å². The standard InChI is InChI=1S/C14H11N3O2/c18-17(19)13-7-6-12-11(8-9-15-12)14(13)16-10-4-2-1-3-5-10/h1-9,15-16H. The first-order valence-electron chi connectivity index (χ1n) is 5.82. The predicted molar refractivity (Wildman–Crippen MR) is 74.7 cm³/mol. The van der Waals surface area contributed by atoms with Crippen LogP contribution in [0.25, 0.3) is 10.9 Å². The number of nitrogens with zero attached hydrogens (tertiary/aromatic N) is 1. The molecule has 2 aromatic carbocycles. The number of H-pyrrole nitrogens is 1. The summed E-state index contributed by atoms with van der Waals surface area (Å²) in [4.78, 5) is 13.8. The molecule has 0 saturated carbocycles. The van der Waals surface area contributed by atoms with Crippen LogP contribution in [0.15, 0.2) is 54.7 Å². The Morgan fingerprint density at radius 2 is 1.84 bits per heavy atom. The fraction of sp³-hybridized carbons (Fsp3) is 0. The molecule has 0 saturated heterocycles. The van der Waals surface area contributed by atoms with Gasteiger partial charge in [-0.15, -0.1) is 0 Å². The second-order valence-electron chi connectivity index (χ2n) is 4.15. The molecule has 5 nitrogen and oxygen atoms in total. The van der Waals surface area contributed by atoms with Gasteiger partial charge in [0.25, 0.3) is 5.69 Å². The van der Waals surface area contributed by atoms with Crippen LogP contribution in [0.4, 0.5) is 17.1 Å². The second-order valence-corrected chi connectivity index (χ2v) is 4.15. The Labute approximate surface area is 109 Å². The van der Waals surface area contributed by atoms with E-state index < -0.39 is 0 Å². The third kappa shape index (κ3) is 2.01. The fourth-order valence-corrected chi connectivity index (χ4v) is 2.07. The molecule has 0 spiro atoms. The summed E-state index contributed by atoms with van der Waals surface area (Å²) in [6, 6.07) is 14.4. The Morgan fingerprint density at radius 3 is 2.58 bits per heavy atom. The van der Waals surface area contributed by atoms with Crippen LogP contribution in [-0.2, 0) is 0 Å². The molecular formula is C14H11N3O2. The number of nitro groups is 1. The lowest BCUT2D eigenvalue weighted by Crippen LogP contribution is -1.97. The number of fused-ring (bicyclic) bond motifs is 1. The fourth-order valence-electron chi connectivity index (χ4n) is 2.07. The summed E-state index contributed by atoms with van der Waals surface area (Å²) < 4.78 is 0. The van der Waals surface area contributed by atoms with Gasteiger partial charge in [-0.25, -0.2) is 0 Å². The van der Waals surface area contributed by atoms with Crippen molar-refractivity contribution >= 4 is 28.0 Å². The number of hydrogen-bond donors (Lipinski definition) is 2. The van der Waals surface area contributed by atoms with Crippen LogP contribution in [0, 0.1) is 10.1 Å². The smallest absolute Gasteiger partial charge is 0.293 e. The van der Waals surface area contributed by atoms with E-state index in [2.05, 4.69) is 10.3 Å². The van der Waals surface area contributed by atoms with Crippen LogP contribution in [-0.4, -0.2) is 9.91 Å². The molecular weight excluding hydrogens is 242 g/mol. The predicted octanol–water partition coefficient (Wildman–Crippen LogP) is 3.82. The minimum atomic E-state index is -0.377. The van der Waals surface area contributed by atoms with Crippen LogP contribution in [0.3, 0.4) is 0 Å². The van der Waals surface area contributed by atoms with Gasteiger partial charge in [-0.3, -0.25) is 10.1 Å². The molecule has 3 aromatic rings. The lowest BCUT2D eigenvalue weighted by atomic mass is 10.1. The van der Waals surface area contributed by atoms with Gasteiger partial charge in [-0.2, -0.15) is 0 Å².